The topological polar surface area (TPSA) is 71.5 Å². The number of rotatable bonds is 4. The molecule has 6 heteroatoms. The van der Waals surface area contributed by atoms with Crippen LogP contribution in [0.1, 0.15) is 40.1 Å². The summed E-state index contributed by atoms with van der Waals surface area (Å²) >= 11 is 0. The van der Waals surface area contributed by atoms with Gasteiger partial charge < -0.3 is 15.0 Å². The predicted octanol–water partition coefficient (Wildman–Crippen LogP) is 4.12. The number of fused-ring (bicyclic) bond motifs is 1. The fourth-order valence-corrected chi connectivity index (χ4v) is 3.59. The van der Waals surface area contributed by atoms with Crippen LogP contribution in [0.2, 0.25) is 0 Å². The van der Waals surface area contributed by atoms with Gasteiger partial charge in [-0.05, 0) is 55.7 Å². The molecule has 1 aromatic heterocycles. The highest BCUT2D eigenvalue weighted by Crippen LogP contribution is 2.22. The number of amides is 2. The van der Waals surface area contributed by atoms with E-state index in [9.17, 15) is 9.59 Å². The number of likely N-dealkylation sites (tertiary alicyclic amines) is 1. The summed E-state index contributed by atoms with van der Waals surface area (Å²) < 4.78 is 5.22. The van der Waals surface area contributed by atoms with E-state index in [0.717, 1.165) is 43.5 Å². The van der Waals surface area contributed by atoms with Crippen LogP contribution in [0.15, 0.2) is 54.6 Å². The van der Waals surface area contributed by atoms with Crippen molar-refractivity contribution in [3.05, 3.63) is 65.9 Å². The summed E-state index contributed by atoms with van der Waals surface area (Å²) in [5.74, 6) is 0.349. The van der Waals surface area contributed by atoms with E-state index in [1.54, 1.807) is 25.3 Å². The smallest absolute Gasteiger partial charge is 0.274 e. The number of carbonyl (C=O) groups excluding carboxylic acids is 2. The van der Waals surface area contributed by atoms with Gasteiger partial charge in [0.1, 0.15) is 11.4 Å². The van der Waals surface area contributed by atoms with E-state index in [1.165, 1.54) is 0 Å². The molecule has 0 aliphatic carbocycles. The van der Waals surface area contributed by atoms with Gasteiger partial charge in [0.05, 0.1) is 23.9 Å². The molecule has 2 heterocycles. The van der Waals surface area contributed by atoms with Crippen LogP contribution in [0.5, 0.6) is 5.75 Å². The van der Waals surface area contributed by atoms with Crippen LogP contribution in [0.3, 0.4) is 0 Å². The molecule has 29 heavy (non-hydrogen) atoms. The predicted molar refractivity (Wildman–Crippen MR) is 112 cm³/mol. The van der Waals surface area contributed by atoms with Gasteiger partial charge in [0.25, 0.3) is 11.8 Å². The second-order valence-electron chi connectivity index (χ2n) is 7.11. The highest BCUT2D eigenvalue weighted by atomic mass is 16.5. The number of piperidine rings is 1. The third-order valence-corrected chi connectivity index (χ3v) is 5.18. The quantitative estimate of drug-likeness (QED) is 0.729. The van der Waals surface area contributed by atoms with Gasteiger partial charge in [-0.2, -0.15) is 0 Å². The van der Waals surface area contributed by atoms with E-state index in [4.69, 9.17) is 4.74 Å². The molecule has 0 bridgehead atoms. The summed E-state index contributed by atoms with van der Waals surface area (Å²) in [7, 11) is 1.61. The van der Waals surface area contributed by atoms with E-state index in [2.05, 4.69) is 10.3 Å². The number of hydrogen-bond donors (Lipinski definition) is 1. The third kappa shape index (κ3) is 4.06. The number of pyridine rings is 1. The van der Waals surface area contributed by atoms with Gasteiger partial charge in [0, 0.05) is 18.5 Å². The van der Waals surface area contributed by atoms with E-state index in [1.807, 2.05) is 41.3 Å². The van der Waals surface area contributed by atoms with Crippen LogP contribution in [0.4, 0.5) is 5.69 Å². The van der Waals surface area contributed by atoms with E-state index in [-0.39, 0.29) is 11.8 Å². The molecule has 4 rings (SSSR count). The Morgan fingerprint density at radius 3 is 2.59 bits per heavy atom. The van der Waals surface area contributed by atoms with Crippen LogP contribution in [0, 0.1) is 0 Å². The molecule has 6 nitrogen and oxygen atoms in total. The second kappa shape index (κ2) is 8.31. The Labute approximate surface area is 169 Å². The monoisotopic (exact) mass is 389 g/mol. The zero-order valence-corrected chi connectivity index (χ0v) is 16.4. The fourth-order valence-electron chi connectivity index (χ4n) is 3.59. The van der Waals surface area contributed by atoms with Crippen molar-refractivity contribution >= 4 is 28.4 Å². The van der Waals surface area contributed by atoms with Crippen LogP contribution >= 0.6 is 0 Å². The molecule has 0 radical (unpaired) electrons. The lowest BCUT2D eigenvalue weighted by molar-refractivity contribution is 0.0725. The van der Waals surface area contributed by atoms with Crippen molar-refractivity contribution < 1.29 is 14.3 Å². The molecular formula is C23H23N3O3. The normalized spacial score (nSPS) is 13.9. The van der Waals surface area contributed by atoms with Crippen molar-refractivity contribution in [1.29, 1.82) is 0 Å². The third-order valence-electron chi connectivity index (χ3n) is 5.18. The molecule has 1 saturated heterocycles. The van der Waals surface area contributed by atoms with Gasteiger partial charge in [-0.1, -0.05) is 18.2 Å². The molecule has 0 atom stereocenters. The Hall–Kier alpha value is -3.41. The first-order valence-corrected chi connectivity index (χ1v) is 9.80. The zero-order chi connectivity index (χ0) is 20.2. The van der Waals surface area contributed by atoms with Crippen LogP contribution < -0.4 is 10.1 Å². The van der Waals surface area contributed by atoms with Crippen molar-refractivity contribution in [2.24, 2.45) is 0 Å². The summed E-state index contributed by atoms with van der Waals surface area (Å²) in [4.78, 5) is 32.0. The fraction of sp³-hybridized carbons (Fsp3) is 0.261. The maximum absolute atomic E-state index is 12.9. The average molecular weight is 389 g/mol. The largest absolute Gasteiger partial charge is 0.497 e. The first-order chi connectivity index (χ1) is 14.2. The number of aromatic nitrogens is 1. The van der Waals surface area contributed by atoms with Crippen molar-refractivity contribution in [3.8, 4) is 5.75 Å². The molecule has 1 N–H and O–H groups in total. The van der Waals surface area contributed by atoms with E-state index in [0.29, 0.717) is 22.5 Å². The van der Waals surface area contributed by atoms with Crippen LogP contribution in [-0.2, 0) is 0 Å². The lowest BCUT2D eigenvalue weighted by Crippen LogP contribution is -2.36. The van der Waals surface area contributed by atoms with Gasteiger partial charge >= 0.3 is 0 Å². The van der Waals surface area contributed by atoms with Gasteiger partial charge in [-0.15, -0.1) is 0 Å². The van der Waals surface area contributed by atoms with Crippen molar-refractivity contribution in [2.45, 2.75) is 19.3 Å². The number of benzene rings is 2. The molecular weight excluding hydrogens is 366 g/mol. The molecule has 2 amide bonds. The maximum Gasteiger partial charge on any atom is 0.274 e. The minimum atomic E-state index is -0.346. The Morgan fingerprint density at radius 1 is 1.00 bits per heavy atom. The number of hydrogen-bond acceptors (Lipinski definition) is 4. The van der Waals surface area contributed by atoms with Crippen molar-refractivity contribution in [1.82, 2.24) is 9.88 Å². The Morgan fingerprint density at radius 2 is 1.79 bits per heavy atom. The summed E-state index contributed by atoms with van der Waals surface area (Å²) in [5, 5.41) is 3.75. The van der Waals surface area contributed by atoms with Crippen LogP contribution in [0.25, 0.3) is 10.9 Å². The highest BCUT2D eigenvalue weighted by Gasteiger charge is 2.21. The zero-order valence-electron chi connectivity index (χ0n) is 16.4. The first kappa shape index (κ1) is 18.9. The number of carbonyl (C=O) groups is 2. The summed E-state index contributed by atoms with van der Waals surface area (Å²) in [5.41, 5.74) is 2.01. The van der Waals surface area contributed by atoms with Gasteiger partial charge in [0.15, 0.2) is 0 Å². The molecule has 148 valence electrons. The Kier molecular flexibility index (Phi) is 5.42. The number of methoxy groups -OCH3 is 1. The van der Waals surface area contributed by atoms with Gasteiger partial charge in [-0.25, -0.2) is 4.98 Å². The number of nitrogens with zero attached hydrogens (tertiary/aromatic N) is 2. The second-order valence-corrected chi connectivity index (χ2v) is 7.11. The average Bonchev–Trinajstić information content (AvgIpc) is 2.78. The number of anilines is 1. The molecule has 0 unspecified atom stereocenters. The molecule has 1 fully saturated rings. The van der Waals surface area contributed by atoms with E-state index < -0.39 is 0 Å². The summed E-state index contributed by atoms with van der Waals surface area (Å²) in [6.07, 6.45) is 3.19. The summed E-state index contributed by atoms with van der Waals surface area (Å²) in [6, 6.07) is 16.1. The lowest BCUT2D eigenvalue weighted by Gasteiger charge is -2.27. The first-order valence-electron chi connectivity index (χ1n) is 9.80. The Bertz CT molecular complexity index is 1060. The number of ether oxygens (including phenoxy) is 1. The van der Waals surface area contributed by atoms with E-state index >= 15 is 0 Å². The Balaban J connectivity index is 1.57. The molecule has 0 spiro atoms. The highest BCUT2D eigenvalue weighted by molar-refractivity contribution is 6.08. The van der Waals surface area contributed by atoms with Crippen molar-refractivity contribution in [2.75, 3.05) is 25.5 Å². The van der Waals surface area contributed by atoms with Gasteiger partial charge in [-0.3, -0.25) is 9.59 Å². The van der Waals surface area contributed by atoms with Crippen molar-refractivity contribution in [3.63, 3.8) is 0 Å². The SMILES string of the molecule is COc1ccc2nc(C(=O)Nc3ccccc3C(=O)N3CCCCC3)ccc2c1. The molecule has 1 aliphatic heterocycles. The molecule has 1 aliphatic rings. The lowest BCUT2D eigenvalue weighted by atomic mass is 10.1. The van der Waals surface area contributed by atoms with Crippen LogP contribution in [-0.4, -0.2) is 41.9 Å². The molecule has 0 saturated carbocycles. The number of para-hydroxylation sites is 1. The molecule has 2 aromatic carbocycles. The summed E-state index contributed by atoms with van der Waals surface area (Å²) in [6.45, 7) is 1.52. The minimum absolute atomic E-state index is 0.0424. The standard InChI is InChI=1S/C23H23N3O3/c1-29-17-10-12-19-16(15-17)9-11-21(24-19)22(27)25-20-8-4-3-7-18(20)23(28)26-13-5-2-6-14-26/h3-4,7-12,15H,2,5-6,13-14H2,1H3,(H,25,27). The maximum atomic E-state index is 12.9. The minimum Gasteiger partial charge on any atom is -0.497 e. The van der Waals surface area contributed by atoms with Gasteiger partial charge in [0.2, 0.25) is 0 Å². The number of nitrogens with one attached hydrogen (secondary N) is 1. The molecule has 3 aromatic rings.